The molecule has 202 valence electrons. The number of aliphatic hydroxyl groups is 1. The number of nitrogens with zero attached hydrogens (tertiary/aromatic N) is 3. The Balaban J connectivity index is 1.59. The molecule has 3 aliphatic rings. The second kappa shape index (κ2) is 12.0. The maximum Gasteiger partial charge on any atom is 0.410 e. The third kappa shape index (κ3) is 5.42. The van der Waals surface area contributed by atoms with Crippen molar-refractivity contribution >= 4 is 35.8 Å². The molecule has 0 unspecified atom stereocenters. The van der Waals surface area contributed by atoms with Crippen LogP contribution < -0.4 is 0 Å². The number of carbonyl (C=O) groups excluding carboxylic acids is 3. The molecule has 0 bridgehead atoms. The van der Waals surface area contributed by atoms with Crippen LogP contribution in [-0.4, -0.2) is 81.1 Å². The van der Waals surface area contributed by atoms with Gasteiger partial charge < -0.3 is 24.4 Å². The minimum atomic E-state index is -0.829. The van der Waals surface area contributed by atoms with E-state index in [1.807, 2.05) is 31.2 Å². The van der Waals surface area contributed by atoms with E-state index in [-0.39, 0.29) is 48.1 Å². The molecular formula is C28H33N3O6S. The Morgan fingerprint density at radius 3 is 2.68 bits per heavy atom. The third-order valence-corrected chi connectivity index (χ3v) is 8.48. The number of β-lactam (4-membered cyclic amide) rings is 1. The van der Waals surface area contributed by atoms with Crippen LogP contribution in [0.25, 0.3) is 6.08 Å². The monoisotopic (exact) mass is 539 g/mol. The van der Waals surface area contributed by atoms with Gasteiger partial charge in [0.1, 0.15) is 18.9 Å². The molecule has 2 amide bonds. The molecule has 1 aromatic heterocycles. The number of aromatic nitrogens is 1. The van der Waals surface area contributed by atoms with Crippen molar-refractivity contribution in [1.82, 2.24) is 14.8 Å². The van der Waals surface area contributed by atoms with Crippen molar-refractivity contribution in [3.05, 3.63) is 72.1 Å². The molecule has 1 aromatic rings. The predicted molar refractivity (Wildman–Crippen MR) is 144 cm³/mol. The second-order valence-electron chi connectivity index (χ2n) is 9.56. The van der Waals surface area contributed by atoms with Crippen LogP contribution in [0, 0.1) is 11.8 Å². The van der Waals surface area contributed by atoms with Crippen LogP contribution in [-0.2, 0) is 19.1 Å². The average molecular weight is 540 g/mol. The van der Waals surface area contributed by atoms with Gasteiger partial charge in [-0.15, -0.1) is 11.8 Å². The Hall–Kier alpha value is -3.37. The number of ether oxygens (including phenoxy) is 2. The Morgan fingerprint density at radius 2 is 2.03 bits per heavy atom. The fourth-order valence-electron chi connectivity index (χ4n) is 5.27. The summed E-state index contributed by atoms with van der Waals surface area (Å²) in [5.74, 6) is -1.62. The Bertz CT molecular complexity index is 1150. The van der Waals surface area contributed by atoms with Gasteiger partial charge in [0.15, 0.2) is 0 Å². The number of esters is 1. The Kier molecular flexibility index (Phi) is 8.73. The molecule has 0 radical (unpaired) electrons. The number of pyridine rings is 1. The summed E-state index contributed by atoms with van der Waals surface area (Å²) in [6.07, 6.45) is 9.66. The van der Waals surface area contributed by atoms with E-state index in [4.69, 9.17) is 9.47 Å². The lowest BCUT2D eigenvalue weighted by Crippen LogP contribution is -2.63. The van der Waals surface area contributed by atoms with Gasteiger partial charge in [0.05, 0.1) is 24.1 Å². The SMILES string of the molecule is C=CCOC(=O)C1=C(S[C@H]2C[C@@H](/C=C\c3cccnc3)N(C(=O)OCC=C)C2)[C@H](C)[C@@H]2[C@@H]([C@@H](C)O)C(=O)N12. The van der Waals surface area contributed by atoms with Crippen molar-refractivity contribution < 1.29 is 29.0 Å². The fraction of sp³-hybridized carbons (Fsp3) is 0.429. The smallest absolute Gasteiger partial charge is 0.410 e. The summed E-state index contributed by atoms with van der Waals surface area (Å²) in [5.41, 5.74) is 1.14. The van der Waals surface area contributed by atoms with Gasteiger partial charge in [-0.25, -0.2) is 9.59 Å². The lowest BCUT2D eigenvalue weighted by molar-refractivity contribution is -0.164. The lowest BCUT2D eigenvalue weighted by Gasteiger charge is -2.46. The van der Waals surface area contributed by atoms with E-state index in [2.05, 4.69) is 18.1 Å². The molecule has 4 rings (SSSR count). The summed E-state index contributed by atoms with van der Waals surface area (Å²) < 4.78 is 10.7. The Morgan fingerprint density at radius 1 is 1.29 bits per heavy atom. The summed E-state index contributed by atoms with van der Waals surface area (Å²) in [4.78, 5) is 46.8. The zero-order valence-corrected chi connectivity index (χ0v) is 22.4. The van der Waals surface area contributed by atoms with Gasteiger partial charge >= 0.3 is 12.1 Å². The first-order chi connectivity index (χ1) is 18.3. The van der Waals surface area contributed by atoms with Gasteiger partial charge in [-0.3, -0.25) is 9.78 Å². The molecule has 2 fully saturated rings. The maximum atomic E-state index is 13.1. The molecule has 0 saturated carbocycles. The Labute approximate surface area is 226 Å². The van der Waals surface area contributed by atoms with Crippen molar-refractivity contribution in [2.75, 3.05) is 19.8 Å². The van der Waals surface area contributed by atoms with Gasteiger partial charge in [0.2, 0.25) is 5.91 Å². The third-order valence-electron chi connectivity index (χ3n) is 6.99. The van der Waals surface area contributed by atoms with E-state index in [0.29, 0.717) is 13.0 Å². The van der Waals surface area contributed by atoms with Crippen LogP contribution in [0.4, 0.5) is 4.79 Å². The standard InChI is InChI=1S/C28H33N3O6S/c1-5-12-36-27(34)24-25(17(3)23-22(18(4)32)26(33)31(23)24)38-21-14-20(10-9-19-8-7-11-29-15-19)30(16-21)28(35)37-13-6-2/h5-11,15,17-18,20-23,32H,1-2,12-14,16H2,3-4H3/b10-9-/t17-,18-,20-,21+,22-,23-/m1/s1. The van der Waals surface area contributed by atoms with Crippen LogP contribution in [0.1, 0.15) is 25.8 Å². The van der Waals surface area contributed by atoms with E-state index >= 15 is 0 Å². The number of likely N-dealkylation sites (tertiary alicyclic amines) is 1. The lowest BCUT2D eigenvalue weighted by atomic mass is 9.79. The van der Waals surface area contributed by atoms with E-state index in [1.54, 1.807) is 24.2 Å². The van der Waals surface area contributed by atoms with E-state index in [0.717, 1.165) is 10.5 Å². The number of hydrogen-bond acceptors (Lipinski definition) is 8. The fourth-order valence-corrected chi connectivity index (χ4v) is 6.80. The molecule has 2 saturated heterocycles. The highest BCUT2D eigenvalue weighted by Gasteiger charge is 2.60. The van der Waals surface area contributed by atoms with E-state index in [1.165, 1.54) is 28.8 Å². The van der Waals surface area contributed by atoms with Gasteiger partial charge in [-0.1, -0.05) is 50.5 Å². The number of rotatable bonds is 10. The molecule has 0 aliphatic carbocycles. The first-order valence-electron chi connectivity index (χ1n) is 12.6. The summed E-state index contributed by atoms with van der Waals surface area (Å²) >= 11 is 1.49. The van der Waals surface area contributed by atoms with Crippen LogP contribution in [0.3, 0.4) is 0 Å². The van der Waals surface area contributed by atoms with Gasteiger partial charge in [0.25, 0.3) is 0 Å². The summed E-state index contributed by atoms with van der Waals surface area (Å²) in [7, 11) is 0. The molecular weight excluding hydrogens is 506 g/mol. The molecule has 38 heavy (non-hydrogen) atoms. The molecule has 3 aliphatic heterocycles. The highest BCUT2D eigenvalue weighted by molar-refractivity contribution is 8.03. The molecule has 10 heteroatoms. The van der Waals surface area contributed by atoms with Crippen molar-refractivity contribution in [2.24, 2.45) is 11.8 Å². The van der Waals surface area contributed by atoms with Crippen LogP contribution in [0.5, 0.6) is 0 Å². The largest absolute Gasteiger partial charge is 0.457 e. The summed E-state index contributed by atoms with van der Waals surface area (Å²) in [6, 6.07) is 3.22. The van der Waals surface area contributed by atoms with Gasteiger partial charge in [0, 0.05) is 35.0 Å². The van der Waals surface area contributed by atoms with Gasteiger partial charge in [-0.05, 0) is 25.0 Å². The minimum absolute atomic E-state index is 0.0226. The summed E-state index contributed by atoms with van der Waals surface area (Å²) in [6.45, 7) is 11.3. The van der Waals surface area contributed by atoms with Crippen LogP contribution in [0.15, 0.2) is 66.5 Å². The topological polar surface area (TPSA) is 109 Å². The van der Waals surface area contributed by atoms with Crippen molar-refractivity contribution in [3.8, 4) is 0 Å². The van der Waals surface area contributed by atoms with Crippen molar-refractivity contribution in [3.63, 3.8) is 0 Å². The minimum Gasteiger partial charge on any atom is -0.457 e. The number of hydrogen-bond donors (Lipinski definition) is 1. The first kappa shape index (κ1) is 27.7. The van der Waals surface area contributed by atoms with E-state index in [9.17, 15) is 19.5 Å². The predicted octanol–water partition coefficient (Wildman–Crippen LogP) is 3.39. The molecule has 9 nitrogen and oxygen atoms in total. The number of amides is 2. The molecule has 0 aromatic carbocycles. The second-order valence-corrected chi connectivity index (χ2v) is 10.9. The van der Waals surface area contributed by atoms with Crippen molar-refractivity contribution in [2.45, 2.75) is 43.7 Å². The number of fused-ring (bicyclic) bond motifs is 1. The maximum absolute atomic E-state index is 13.1. The number of carbonyl (C=O) groups is 3. The molecule has 0 spiro atoms. The summed E-state index contributed by atoms with van der Waals surface area (Å²) in [5, 5.41) is 10.2. The van der Waals surface area contributed by atoms with E-state index < -0.39 is 24.1 Å². The number of aliphatic hydroxyl groups excluding tert-OH is 1. The zero-order chi connectivity index (χ0) is 27.4. The normalized spacial score (nSPS) is 27.2. The van der Waals surface area contributed by atoms with Crippen LogP contribution >= 0.6 is 11.8 Å². The van der Waals surface area contributed by atoms with Crippen molar-refractivity contribution in [1.29, 1.82) is 0 Å². The van der Waals surface area contributed by atoms with Crippen LogP contribution in [0.2, 0.25) is 0 Å². The average Bonchev–Trinajstić information content (AvgIpc) is 3.42. The quantitative estimate of drug-likeness (QED) is 0.274. The number of thioether (sulfide) groups is 1. The highest BCUT2D eigenvalue weighted by atomic mass is 32.2. The molecule has 4 heterocycles. The first-order valence-corrected chi connectivity index (χ1v) is 13.5. The zero-order valence-electron chi connectivity index (χ0n) is 21.6. The van der Waals surface area contributed by atoms with Gasteiger partial charge in [-0.2, -0.15) is 0 Å². The molecule has 6 atom stereocenters. The molecule has 1 N–H and O–H groups in total. The highest BCUT2D eigenvalue weighted by Crippen LogP contribution is 2.52.